The molecule has 3 aromatic rings. The Morgan fingerprint density at radius 2 is 2.08 bits per heavy atom. The molecule has 0 spiro atoms. The van der Waals surface area contributed by atoms with Crippen molar-refractivity contribution in [3.05, 3.63) is 81.9 Å². The molecule has 1 saturated heterocycles. The Labute approximate surface area is 203 Å². The number of H-pyrrole nitrogens is 1. The van der Waals surface area contributed by atoms with Crippen molar-refractivity contribution >= 4 is 5.91 Å². The van der Waals surface area contributed by atoms with E-state index in [2.05, 4.69) is 15.0 Å². The van der Waals surface area contributed by atoms with Crippen LogP contribution in [0.1, 0.15) is 36.1 Å². The maximum absolute atomic E-state index is 14.8. The summed E-state index contributed by atoms with van der Waals surface area (Å²) in [6.07, 6.45) is 2.87. The first-order valence-electron chi connectivity index (χ1n) is 10.9. The molecule has 3 aromatic heterocycles. The fourth-order valence-electron chi connectivity index (χ4n) is 4.17. The fourth-order valence-corrected chi connectivity index (χ4v) is 4.17. The molecule has 1 aliphatic rings. The molecule has 0 radical (unpaired) electrons. The van der Waals surface area contributed by atoms with E-state index in [4.69, 9.17) is 15.7 Å². The second kappa shape index (κ2) is 9.43. The molecule has 1 aliphatic heterocycles. The number of amides is 1. The minimum Gasteiger partial charge on any atom is -0.436 e. The monoisotopic (exact) mass is 498 g/mol. The number of carbonyl (C=O) groups is 1. The SMILES string of the molecule is CC(C(N)=O)(c1ccc(Oc2ncc(F)cc2C#N)cn1)N1CCC(F)(F)[C@@H](c2ccc(=O)[nH]c2)C1. The standard InChI is InChI=1S/C24H21F3N6O3/c1-23(22(29)35,33-7-6-24(26,27)18(13-33)14-2-5-20(34)31-10-14)19-4-3-17(12-30-19)36-21-15(9-28)8-16(25)11-32-21/h2-5,8,10-12,18H,6-7,13H2,1H3,(H2,29,35)(H,31,34)/t18-,23?/m1/s1. The van der Waals surface area contributed by atoms with Gasteiger partial charge in [-0.25, -0.2) is 18.2 Å². The molecule has 1 fully saturated rings. The number of alkyl halides is 2. The average Bonchev–Trinajstić information content (AvgIpc) is 2.85. The van der Waals surface area contributed by atoms with Crippen molar-refractivity contribution in [1.82, 2.24) is 19.9 Å². The van der Waals surface area contributed by atoms with E-state index in [1.165, 1.54) is 43.6 Å². The summed E-state index contributed by atoms with van der Waals surface area (Å²) in [6.45, 7) is 1.15. The highest BCUT2D eigenvalue weighted by atomic mass is 19.3. The minimum absolute atomic E-state index is 0.122. The lowest BCUT2D eigenvalue weighted by Gasteiger charge is -2.46. The van der Waals surface area contributed by atoms with Crippen molar-refractivity contribution in [3.8, 4) is 17.7 Å². The molecule has 0 aliphatic carbocycles. The van der Waals surface area contributed by atoms with Crippen molar-refractivity contribution in [1.29, 1.82) is 5.26 Å². The first-order chi connectivity index (χ1) is 17.0. The van der Waals surface area contributed by atoms with E-state index in [0.717, 1.165) is 12.3 Å². The minimum atomic E-state index is -3.07. The summed E-state index contributed by atoms with van der Waals surface area (Å²) in [5, 5.41) is 9.15. The van der Waals surface area contributed by atoms with Gasteiger partial charge in [0.1, 0.15) is 28.7 Å². The molecular weight excluding hydrogens is 477 g/mol. The van der Waals surface area contributed by atoms with Gasteiger partial charge in [0.2, 0.25) is 17.3 Å². The zero-order valence-corrected chi connectivity index (χ0v) is 19.0. The molecule has 0 bridgehead atoms. The Bertz CT molecular complexity index is 1370. The highest BCUT2D eigenvalue weighted by molar-refractivity contribution is 5.85. The van der Waals surface area contributed by atoms with Crippen molar-refractivity contribution in [3.63, 3.8) is 0 Å². The van der Waals surface area contributed by atoms with E-state index in [1.54, 1.807) is 11.0 Å². The molecule has 3 N–H and O–H groups in total. The summed E-state index contributed by atoms with van der Waals surface area (Å²) in [6, 6.07) is 8.17. The Kier molecular flexibility index (Phi) is 6.51. The van der Waals surface area contributed by atoms with Crippen molar-refractivity contribution in [2.75, 3.05) is 13.1 Å². The van der Waals surface area contributed by atoms with Crippen molar-refractivity contribution in [2.45, 2.75) is 30.7 Å². The maximum Gasteiger partial charge on any atom is 0.257 e. The predicted molar refractivity (Wildman–Crippen MR) is 121 cm³/mol. The van der Waals surface area contributed by atoms with Crippen molar-refractivity contribution in [2.24, 2.45) is 5.73 Å². The summed E-state index contributed by atoms with van der Waals surface area (Å²) in [4.78, 5) is 36.0. The number of nitrogens with zero attached hydrogens (tertiary/aromatic N) is 4. The van der Waals surface area contributed by atoms with Crippen LogP contribution in [0.15, 0.2) is 53.7 Å². The smallest absolute Gasteiger partial charge is 0.257 e. The topological polar surface area (TPSA) is 138 Å². The van der Waals surface area contributed by atoms with Crippen molar-refractivity contribution < 1.29 is 22.7 Å². The molecule has 1 unspecified atom stereocenters. The number of aromatic amines is 1. The van der Waals surface area contributed by atoms with Crippen LogP contribution in [0.5, 0.6) is 11.6 Å². The van der Waals surface area contributed by atoms with Crippen LogP contribution < -0.4 is 16.0 Å². The van der Waals surface area contributed by atoms with E-state index in [9.17, 15) is 22.8 Å². The molecule has 9 nitrogen and oxygen atoms in total. The summed E-state index contributed by atoms with van der Waals surface area (Å²) < 4.78 is 48.5. The Morgan fingerprint density at radius 1 is 1.31 bits per heavy atom. The number of pyridine rings is 3. The Hall–Kier alpha value is -4.24. The van der Waals surface area contributed by atoms with Crippen LogP contribution in [0.4, 0.5) is 13.2 Å². The van der Waals surface area contributed by atoms with E-state index in [0.29, 0.717) is 0 Å². The largest absolute Gasteiger partial charge is 0.436 e. The summed E-state index contributed by atoms with van der Waals surface area (Å²) in [7, 11) is 0. The zero-order valence-electron chi connectivity index (χ0n) is 19.0. The van der Waals surface area contributed by atoms with Gasteiger partial charge in [-0.2, -0.15) is 5.26 Å². The normalized spacial score (nSPS) is 19.1. The van der Waals surface area contributed by atoms with Crippen LogP contribution in [-0.2, 0) is 10.3 Å². The summed E-state index contributed by atoms with van der Waals surface area (Å²) >= 11 is 0. The van der Waals surface area contributed by atoms with E-state index in [-0.39, 0.29) is 41.5 Å². The third-order valence-electron chi connectivity index (χ3n) is 6.34. The number of likely N-dealkylation sites (tertiary alicyclic amines) is 1. The second-order valence-corrected chi connectivity index (χ2v) is 8.53. The summed E-state index contributed by atoms with van der Waals surface area (Å²) in [5.74, 6) is -5.83. The Morgan fingerprint density at radius 3 is 2.69 bits per heavy atom. The predicted octanol–water partition coefficient (Wildman–Crippen LogP) is 2.79. The number of primary amides is 1. The first kappa shape index (κ1) is 24.9. The van der Waals surface area contributed by atoms with Gasteiger partial charge in [-0.05, 0) is 30.7 Å². The van der Waals surface area contributed by atoms with Crippen LogP contribution in [0.2, 0.25) is 0 Å². The van der Waals surface area contributed by atoms with Gasteiger partial charge in [-0.3, -0.25) is 19.5 Å². The number of hydrogen-bond acceptors (Lipinski definition) is 7. The molecule has 4 rings (SSSR count). The molecule has 1 amide bonds. The number of aromatic nitrogens is 3. The number of hydrogen-bond donors (Lipinski definition) is 2. The molecule has 2 atom stereocenters. The second-order valence-electron chi connectivity index (χ2n) is 8.53. The van der Waals surface area contributed by atoms with Crippen LogP contribution in [0.25, 0.3) is 0 Å². The number of ether oxygens (including phenoxy) is 1. The lowest BCUT2D eigenvalue weighted by molar-refractivity contribution is -0.139. The van der Waals surface area contributed by atoms with Gasteiger partial charge in [0.05, 0.1) is 24.0 Å². The number of piperidine rings is 1. The average molecular weight is 498 g/mol. The molecule has 0 aromatic carbocycles. The van der Waals surface area contributed by atoms with Gasteiger partial charge in [0.15, 0.2) is 0 Å². The lowest BCUT2D eigenvalue weighted by Crippen LogP contribution is -2.59. The number of nitrogens with one attached hydrogen (secondary N) is 1. The van der Waals surface area contributed by atoms with Crippen LogP contribution >= 0.6 is 0 Å². The molecule has 186 valence electrons. The molecule has 4 heterocycles. The van der Waals surface area contributed by atoms with Gasteiger partial charge in [-0.1, -0.05) is 6.07 Å². The van der Waals surface area contributed by atoms with Gasteiger partial charge in [0, 0.05) is 31.8 Å². The van der Waals surface area contributed by atoms with Crippen LogP contribution in [-0.4, -0.2) is 44.8 Å². The summed E-state index contributed by atoms with van der Waals surface area (Å²) in [5.41, 5.74) is 4.10. The Balaban J connectivity index is 1.62. The van der Waals surface area contributed by atoms with Crippen LogP contribution in [0.3, 0.4) is 0 Å². The van der Waals surface area contributed by atoms with E-state index >= 15 is 0 Å². The third kappa shape index (κ3) is 4.65. The number of carbonyl (C=O) groups excluding carboxylic acids is 1. The third-order valence-corrected chi connectivity index (χ3v) is 6.34. The van der Waals surface area contributed by atoms with Gasteiger partial charge < -0.3 is 15.5 Å². The number of rotatable bonds is 6. The number of nitriles is 1. The molecule has 12 heteroatoms. The quantitative estimate of drug-likeness (QED) is 0.533. The molecular formula is C24H21F3N6O3. The van der Waals surface area contributed by atoms with Gasteiger partial charge >= 0.3 is 0 Å². The van der Waals surface area contributed by atoms with Crippen LogP contribution in [0, 0.1) is 17.1 Å². The van der Waals surface area contributed by atoms with E-state index in [1.807, 2.05) is 0 Å². The number of nitrogens with two attached hydrogens (primary N) is 1. The zero-order chi connectivity index (χ0) is 26.1. The number of halogens is 3. The highest BCUT2D eigenvalue weighted by Crippen LogP contribution is 2.43. The molecule has 0 saturated carbocycles. The van der Waals surface area contributed by atoms with E-state index < -0.39 is 41.1 Å². The fraction of sp³-hybridized carbons (Fsp3) is 0.292. The lowest BCUT2D eigenvalue weighted by atomic mass is 9.83. The van der Waals surface area contributed by atoms with Gasteiger partial charge in [-0.15, -0.1) is 0 Å². The van der Waals surface area contributed by atoms with Gasteiger partial charge in [0.25, 0.3) is 5.92 Å². The maximum atomic E-state index is 14.8. The first-order valence-corrected chi connectivity index (χ1v) is 10.9. The molecule has 36 heavy (non-hydrogen) atoms. The highest BCUT2D eigenvalue weighted by Gasteiger charge is 2.51.